The first-order valence-corrected chi connectivity index (χ1v) is 10.7. The second-order valence-electron chi connectivity index (χ2n) is 7.57. The molecule has 0 aliphatic carbocycles. The van der Waals surface area contributed by atoms with E-state index in [9.17, 15) is 4.79 Å². The zero-order chi connectivity index (χ0) is 22.7. The lowest BCUT2D eigenvalue weighted by Crippen LogP contribution is -2.36. The lowest BCUT2D eigenvalue weighted by molar-refractivity contribution is 0.0984. The molecule has 0 atom stereocenters. The molecule has 1 aromatic heterocycles. The fourth-order valence-corrected chi connectivity index (χ4v) is 4.30. The Morgan fingerprint density at radius 1 is 0.935 bits per heavy atom. The molecule has 2 aromatic carbocycles. The molecule has 0 radical (unpaired) electrons. The summed E-state index contributed by atoms with van der Waals surface area (Å²) in [4.78, 5) is 22.2. The summed E-state index contributed by atoms with van der Waals surface area (Å²) in [7, 11) is 8.57. The van der Waals surface area contributed by atoms with Crippen molar-refractivity contribution < 1.29 is 19.0 Å². The van der Waals surface area contributed by atoms with Gasteiger partial charge in [-0.15, -0.1) is 0 Å². The number of benzene rings is 2. The van der Waals surface area contributed by atoms with Gasteiger partial charge in [0.25, 0.3) is 5.91 Å². The lowest BCUT2D eigenvalue weighted by atomic mass is 10.1. The van der Waals surface area contributed by atoms with Gasteiger partial charge in [-0.25, -0.2) is 4.98 Å². The molecule has 8 heteroatoms. The van der Waals surface area contributed by atoms with Crippen molar-refractivity contribution in [2.45, 2.75) is 13.8 Å². The van der Waals surface area contributed by atoms with E-state index in [2.05, 4.69) is 26.0 Å². The maximum Gasteiger partial charge on any atom is 0.260 e. The zero-order valence-corrected chi connectivity index (χ0v) is 19.9. The number of rotatable bonds is 8. The summed E-state index contributed by atoms with van der Waals surface area (Å²) in [5.74, 6) is 1.16. The minimum Gasteiger partial charge on any atom is -0.493 e. The van der Waals surface area contributed by atoms with Crippen molar-refractivity contribution in [2.75, 3.05) is 53.4 Å². The molecule has 0 unspecified atom stereocenters. The predicted molar refractivity (Wildman–Crippen MR) is 125 cm³/mol. The van der Waals surface area contributed by atoms with Gasteiger partial charge in [0.05, 0.1) is 31.5 Å². The first kappa shape index (κ1) is 22.8. The summed E-state index contributed by atoms with van der Waals surface area (Å²) >= 11 is 1.52. The monoisotopic (exact) mass is 443 g/mol. The molecule has 31 heavy (non-hydrogen) atoms. The quantitative estimate of drug-likeness (QED) is 0.521. The van der Waals surface area contributed by atoms with E-state index in [4.69, 9.17) is 19.2 Å². The van der Waals surface area contributed by atoms with Crippen LogP contribution >= 0.6 is 11.3 Å². The van der Waals surface area contributed by atoms with Crippen molar-refractivity contribution in [3.05, 3.63) is 41.0 Å². The summed E-state index contributed by atoms with van der Waals surface area (Å²) in [5, 5.41) is 0.667. The van der Waals surface area contributed by atoms with Gasteiger partial charge in [-0.05, 0) is 63.3 Å². The zero-order valence-electron chi connectivity index (χ0n) is 19.1. The van der Waals surface area contributed by atoms with E-state index in [1.807, 2.05) is 19.0 Å². The van der Waals surface area contributed by atoms with Crippen molar-refractivity contribution in [3.63, 3.8) is 0 Å². The van der Waals surface area contributed by atoms with Gasteiger partial charge in [0.2, 0.25) is 5.75 Å². The van der Waals surface area contributed by atoms with Crippen molar-refractivity contribution in [2.24, 2.45) is 0 Å². The normalized spacial score (nSPS) is 11.1. The third-order valence-corrected chi connectivity index (χ3v) is 6.19. The third-order valence-electron chi connectivity index (χ3n) is 5.15. The molecule has 0 spiro atoms. The van der Waals surface area contributed by atoms with E-state index in [1.165, 1.54) is 43.8 Å². The van der Waals surface area contributed by atoms with Gasteiger partial charge in [-0.2, -0.15) is 0 Å². The Hall–Kier alpha value is -2.84. The number of hydrogen-bond donors (Lipinski definition) is 0. The van der Waals surface area contributed by atoms with Crippen LogP contribution in [0, 0.1) is 13.8 Å². The number of carbonyl (C=O) groups excluding carboxylic acids is 1. The van der Waals surface area contributed by atoms with Crippen LogP contribution in [0.2, 0.25) is 0 Å². The second kappa shape index (κ2) is 9.53. The fraction of sp³-hybridized carbons (Fsp3) is 0.391. The summed E-state index contributed by atoms with van der Waals surface area (Å²) < 4.78 is 17.3. The van der Waals surface area contributed by atoms with Gasteiger partial charge in [0.15, 0.2) is 16.6 Å². The molecule has 0 saturated carbocycles. The Bertz CT molecular complexity index is 1030. The van der Waals surface area contributed by atoms with Crippen LogP contribution in [0.5, 0.6) is 17.2 Å². The van der Waals surface area contributed by atoms with Gasteiger partial charge in [0.1, 0.15) is 0 Å². The van der Waals surface area contributed by atoms with Gasteiger partial charge >= 0.3 is 0 Å². The van der Waals surface area contributed by atoms with Crippen LogP contribution < -0.4 is 19.1 Å². The van der Waals surface area contributed by atoms with E-state index < -0.39 is 0 Å². The van der Waals surface area contributed by atoms with Crippen LogP contribution in [-0.4, -0.2) is 64.3 Å². The number of fused-ring (bicyclic) bond motifs is 1. The number of likely N-dealkylation sites (N-methyl/N-ethyl adjacent to an activating group) is 1. The Labute approximate surface area is 187 Å². The van der Waals surface area contributed by atoms with Crippen LogP contribution in [0.4, 0.5) is 5.13 Å². The Morgan fingerprint density at radius 2 is 1.55 bits per heavy atom. The van der Waals surface area contributed by atoms with Gasteiger partial charge in [0, 0.05) is 18.7 Å². The number of aryl methyl sites for hydroxylation is 2. The maximum atomic E-state index is 13.6. The first-order chi connectivity index (χ1) is 14.8. The van der Waals surface area contributed by atoms with Gasteiger partial charge in [-0.3, -0.25) is 9.69 Å². The van der Waals surface area contributed by atoms with Crippen molar-refractivity contribution in [3.8, 4) is 17.2 Å². The lowest BCUT2D eigenvalue weighted by Gasteiger charge is -2.23. The van der Waals surface area contributed by atoms with Crippen LogP contribution in [0.25, 0.3) is 10.2 Å². The Balaban J connectivity index is 2.07. The van der Waals surface area contributed by atoms with E-state index in [1.54, 1.807) is 17.0 Å². The number of ether oxygens (including phenoxy) is 3. The summed E-state index contributed by atoms with van der Waals surface area (Å²) in [6.07, 6.45) is 0. The number of amides is 1. The van der Waals surface area contributed by atoms with E-state index >= 15 is 0 Å². The molecule has 7 nitrogen and oxygen atoms in total. The highest BCUT2D eigenvalue weighted by Crippen LogP contribution is 2.39. The van der Waals surface area contributed by atoms with E-state index in [0.29, 0.717) is 41.0 Å². The predicted octanol–water partition coefficient (Wildman–Crippen LogP) is 4.15. The second-order valence-corrected chi connectivity index (χ2v) is 8.58. The Morgan fingerprint density at radius 3 is 2.10 bits per heavy atom. The van der Waals surface area contributed by atoms with Crippen molar-refractivity contribution in [1.29, 1.82) is 0 Å². The molecule has 3 aromatic rings. The van der Waals surface area contributed by atoms with Crippen LogP contribution in [0.15, 0.2) is 24.3 Å². The molecule has 3 rings (SSSR count). The molecule has 0 aliphatic rings. The standard InChI is InChI=1S/C23H29N3O4S/c1-14-10-17-20(11-15(14)2)31-23(24-17)26(9-8-25(3)4)22(27)16-12-18(28-5)21(30-7)19(13-16)29-6/h10-13H,8-9H2,1-7H3. The number of aromatic nitrogens is 1. The molecular formula is C23H29N3O4S. The molecular weight excluding hydrogens is 414 g/mol. The molecule has 0 N–H and O–H groups in total. The average molecular weight is 444 g/mol. The fourth-order valence-electron chi connectivity index (χ4n) is 3.23. The largest absolute Gasteiger partial charge is 0.493 e. The van der Waals surface area contributed by atoms with E-state index in [-0.39, 0.29) is 5.91 Å². The van der Waals surface area contributed by atoms with Crippen molar-refractivity contribution in [1.82, 2.24) is 9.88 Å². The summed E-state index contributed by atoms with van der Waals surface area (Å²) in [5.41, 5.74) is 3.73. The minimum absolute atomic E-state index is 0.173. The molecule has 0 bridgehead atoms. The molecule has 166 valence electrons. The average Bonchev–Trinajstić information content (AvgIpc) is 3.14. The maximum absolute atomic E-state index is 13.6. The third kappa shape index (κ3) is 4.75. The summed E-state index contributed by atoms with van der Waals surface area (Å²) in [6, 6.07) is 7.54. The van der Waals surface area contributed by atoms with Gasteiger partial charge < -0.3 is 19.1 Å². The highest BCUT2D eigenvalue weighted by Gasteiger charge is 2.25. The summed E-state index contributed by atoms with van der Waals surface area (Å²) in [6.45, 7) is 5.35. The minimum atomic E-state index is -0.173. The number of anilines is 1. The highest BCUT2D eigenvalue weighted by atomic mass is 32.1. The SMILES string of the molecule is COc1cc(C(=O)N(CCN(C)C)c2nc3cc(C)c(C)cc3s2)cc(OC)c1OC. The molecule has 0 aliphatic heterocycles. The molecule has 0 fully saturated rings. The topological polar surface area (TPSA) is 64.1 Å². The van der Waals surface area contributed by atoms with Crippen LogP contribution in [-0.2, 0) is 0 Å². The highest BCUT2D eigenvalue weighted by molar-refractivity contribution is 7.22. The number of methoxy groups -OCH3 is 3. The molecule has 1 heterocycles. The Kier molecular flexibility index (Phi) is 7.02. The van der Waals surface area contributed by atoms with Crippen LogP contribution in [0.1, 0.15) is 21.5 Å². The molecule has 0 saturated heterocycles. The van der Waals surface area contributed by atoms with Gasteiger partial charge in [-0.1, -0.05) is 11.3 Å². The van der Waals surface area contributed by atoms with Crippen LogP contribution in [0.3, 0.4) is 0 Å². The number of thiazole rings is 1. The number of carbonyl (C=O) groups is 1. The van der Waals surface area contributed by atoms with E-state index in [0.717, 1.165) is 10.2 Å². The number of nitrogens with zero attached hydrogens (tertiary/aromatic N) is 3. The van der Waals surface area contributed by atoms with Crippen molar-refractivity contribution >= 4 is 32.6 Å². The smallest absolute Gasteiger partial charge is 0.260 e. The molecule has 1 amide bonds. The number of hydrogen-bond acceptors (Lipinski definition) is 7. The first-order valence-electron chi connectivity index (χ1n) is 9.93.